The third-order valence-electron chi connectivity index (χ3n) is 5.81. The quantitative estimate of drug-likeness (QED) is 0.452. The highest BCUT2D eigenvalue weighted by atomic mass is 19.1. The Balaban J connectivity index is 1.80. The summed E-state index contributed by atoms with van der Waals surface area (Å²) < 4.78 is 19.0. The van der Waals surface area contributed by atoms with Crippen LogP contribution in [-0.2, 0) is 14.3 Å². The van der Waals surface area contributed by atoms with Crippen LogP contribution < -0.4 is 4.90 Å². The van der Waals surface area contributed by atoms with Crippen LogP contribution in [0.25, 0.3) is 5.76 Å². The first-order chi connectivity index (χ1) is 14.9. The summed E-state index contributed by atoms with van der Waals surface area (Å²) in [6, 6.07) is 12.0. The second-order valence-corrected chi connectivity index (χ2v) is 8.08. The van der Waals surface area contributed by atoms with Gasteiger partial charge in [0, 0.05) is 38.5 Å². The van der Waals surface area contributed by atoms with Crippen molar-refractivity contribution in [2.24, 2.45) is 0 Å². The maximum atomic E-state index is 13.4. The molecule has 2 aromatic carbocycles. The molecule has 162 valence electrons. The van der Waals surface area contributed by atoms with Crippen LogP contribution in [0.2, 0.25) is 0 Å². The molecule has 2 aliphatic rings. The molecular weight excluding hydrogens is 399 g/mol. The second-order valence-electron chi connectivity index (χ2n) is 8.08. The zero-order valence-electron chi connectivity index (χ0n) is 17.5. The van der Waals surface area contributed by atoms with Crippen LogP contribution in [0, 0.1) is 5.82 Å². The summed E-state index contributed by atoms with van der Waals surface area (Å²) in [6.45, 7) is 0.900. The average Bonchev–Trinajstić information content (AvgIpc) is 3.36. The van der Waals surface area contributed by atoms with Gasteiger partial charge in [-0.05, 0) is 54.8 Å². The van der Waals surface area contributed by atoms with Gasteiger partial charge < -0.3 is 19.6 Å². The molecule has 0 radical (unpaired) electrons. The van der Waals surface area contributed by atoms with Gasteiger partial charge in [-0.15, -0.1) is 0 Å². The van der Waals surface area contributed by atoms with Gasteiger partial charge in [-0.3, -0.25) is 9.59 Å². The Morgan fingerprint density at radius 1 is 1.13 bits per heavy atom. The van der Waals surface area contributed by atoms with E-state index < -0.39 is 23.5 Å². The lowest BCUT2D eigenvalue weighted by Crippen LogP contribution is -2.36. The molecule has 2 heterocycles. The minimum atomic E-state index is -0.749. The van der Waals surface area contributed by atoms with Crippen LogP contribution in [-0.4, -0.2) is 55.0 Å². The van der Waals surface area contributed by atoms with Gasteiger partial charge in [0.25, 0.3) is 11.7 Å². The maximum Gasteiger partial charge on any atom is 0.295 e. The molecule has 7 heteroatoms. The van der Waals surface area contributed by atoms with Crippen LogP contribution in [0.3, 0.4) is 0 Å². The number of ether oxygens (including phenoxy) is 1. The van der Waals surface area contributed by atoms with Gasteiger partial charge in [0.15, 0.2) is 0 Å². The first-order valence-electron chi connectivity index (χ1n) is 10.3. The van der Waals surface area contributed by atoms with Crippen molar-refractivity contribution in [1.29, 1.82) is 0 Å². The summed E-state index contributed by atoms with van der Waals surface area (Å²) >= 11 is 0. The number of carbonyl (C=O) groups is 2. The smallest absolute Gasteiger partial charge is 0.295 e. The van der Waals surface area contributed by atoms with Crippen molar-refractivity contribution in [2.75, 3.05) is 32.1 Å². The van der Waals surface area contributed by atoms with Gasteiger partial charge in [0.05, 0.1) is 17.7 Å². The zero-order chi connectivity index (χ0) is 22.1. The predicted octanol–water partition coefficient (Wildman–Crippen LogP) is 3.49. The fourth-order valence-electron chi connectivity index (χ4n) is 4.14. The second kappa shape index (κ2) is 8.51. The van der Waals surface area contributed by atoms with E-state index in [9.17, 15) is 19.1 Å². The van der Waals surface area contributed by atoms with Crippen LogP contribution >= 0.6 is 0 Å². The minimum Gasteiger partial charge on any atom is -0.507 e. The Morgan fingerprint density at radius 2 is 1.81 bits per heavy atom. The van der Waals surface area contributed by atoms with Crippen LogP contribution in [0.15, 0.2) is 54.1 Å². The SMILES string of the molecule is CN(C)c1ccc(C2/C(=C(\O)c3ccc(F)cc3)C(=O)C(=O)N2CC2CCCO2)cc1. The van der Waals surface area contributed by atoms with Gasteiger partial charge in [0.1, 0.15) is 11.6 Å². The zero-order valence-corrected chi connectivity index (χ0v) is 17.5. The van der Waals surface area contributed by atoms with Crippen LogP contribution in [0.4, 0.5) is 10.1 Å². The summed E-state index contributed by atoms with van der Waals surface area (Å²) in [4.78, 5) is 29.4. The molecule has 2 aromatic rings. The number of hydrogen-bond donors (Lipinski definition) is 1. The molecule has 4 rings (SSSR count). The predicted molar refractivity (Wildman–Crippen MR) is 115 cm³/mol. The summed E-state index contributed by atoms with van der Waals surface area (Å²) in [5.41, 5.74) is 1.98. The third kappa shape index (κ3) is 4.05. The highest BCUT2D eigenvalue weighted by Gasteiger charge is 2.47. The lowest BCUT2D eigenvalue weighted by molar-refractivity contribution is -0.140. The van der Waals surface area contributed by atoms with E-state index in [1.165, 1.54) is 29.2 Å². The molecule has 0 bridgehead atoms. The van der Waals surface area contributed by atoms with Crippen LogP contribution in [0.5, 0.6) is 0 Å². The van der Waals surface area contributed by atoms with Gasteiger partial charge in [-0.2, -0.15) is 0 Å². The van der Waals surface area contributed by atoms with Crippen molar-refractivity contribution in [3.63, 3.8) is 0 Å². The van der Waals surface area contributed by atoms with E-state index in [-0.39, 0.29) is 29.5 Å². The maximum absolute atomic E-state index is 13.4. The molecule has 0 aliphatic carbocycles. The Hall–Kier alpha value is -3.19. The van der Waals surface area contributed by atoms with Crippen molar-refractivity contribution < 1.29 is 23.8 Å². The van der Waals surface area contributed by atoms with E-state index in [0.717, 1.165) is 18.5 Å². The average molecular weight is 424 g/mol. The van der Waals surface area contributed by atoms with Crippen molar-refractivity contribution in [1.82, 2.24) is 4.90 Å². The number of halogens is 1. The monoisotopic (exact) mass is 424 g/mol. The lowest BCUT2D eigenvalue weighted by atomic mass is 9.95. The van der Waals surface area contributed by atoms with E-state index in [4.69, 9.17) is 4.74 Å². The molecule has 2 saturated heterocycles. The molecule has 2 aliphatic heterocycles. The first-order valence-corrected chi connectivity index (χ1v) is 10.3. The number of carbonyl (C=O) groups excluding carboxylic acids is 2. The van der Waals surface area contributed by atoms with E-state index in [0.29, 0.717) is 12.2 Å². The molecule has 2 fully saturated rings. The number of ketones is 1. The van der Waals surface area contributed by atoms with Gasteiger partial charge in [0.2, 0.25) is 0 Å². The van der Waals surface area contributed by atoms with Crippen molar-refractivity contribution in [3.05, 3.63) is 71.0 Å². The highest BCUT2D eigenvalue weighted by Crippen LogP contribution is 2.40. The Labute approximate surface area is 180 Å². The number of rotatable bonds is 5. The summed E-state index contributed by atoms with van der Waals surface area (Å²) in [6.07, 6.45) is 1.58. The molecule has 1 N–H and O–H groups in total. The standard InChI is InChI=1S/C24H25FN2O4/c1-26(2)18-11-7-15(8-12-18)21-20(22(28)16-5-9-17(25)10-6-16)23(29)24(30)27(21)14-19-4-3-13-31-19/h5-12,19,21,28H,3-4,13-14H2,1-2H3/b22-20+. The number of Topliss-reactive ketones (excluding diaryl/α,β-unsaturated/α-hetero) is 1. The van der Waals surface area contributed by atoms with Gasteiger partial charge in [-0.25, -0.2) is 4.39 Å². The molecule has 1 amide bonds. The van der Waals surface area contributed by atoms with E-state index in [2.05, 4.69) is 0 Å². The molecule has 31 heavy (non-hydrogen) atoms. The van der Waals surface area contributed by atoms with E-state index >= 15 is 0 Å². The fourth-order valence-corrected chi connectivity index (χ4v) is 4.14. The van der Waals surface area contributed by atoms with E-state index in [1.807, 2.05) is 43.3 Å². The first kappa shape index (κ1) is 21.1. The minimum absolute atomic E-state index is 0.00667. The Kier molecular flexibility index (Phi) is 5.78. The van der Waals surface area contributed by atoms with Crippen molar-refractivity contribution >= 4 is 23.1 Å². The lowest BCUT2D eigenvalue weighted by Gasteiger charge is -2.28. The van der Waals surface area contributed by atoms with Gasteiger partial charge >= 0.3 is 0 Å². The largest absolute Gasteiger partial charge is 0.507 e. The summed E-state index contributed by atoms with van der Waals surface area (Å²) in [5, 5.41) is 11.0. The molecule has 0 spiro atoms. The molecule has 2 atom stereocenters. The Morgan fingerprint density at radius 3 is 2.39 bits per heavy atom. The fraction of sp³-hybridized carbons (Fsp3) is 0.333. The number of hydrogen-bond acceptors (Lipinski definition) is 5. The normalized spacial score (nSPS) is 22.9. The number of aliphatic hydroxyl groups is 1. The molecule has 6 nitrogen and oxygen atoms in total. The number of anilines is 1. The molecule has 2 unspecified atom stereocenters. The number of benzene rings is 2. The third-order valence-corrected chi connectivity index (χ3v) is 5.81. The number of amides is 1. The number of likely N-dealkylation sites (tertiary alicyclic amines) is 1. The van der Waals surface area contributed by atoms with Crippen molar-refractivity contribution in [3.8, 4) is 0 Å². The van der Waals surface area contributed by atoms with Gasteiger partial charge in [-0.1, -0.05) is 12.1 Å². The molecule has 0 aromatic heterocycles. The van der Waals surface area contributed by atoms with Crippen molar-refractivity contribution in [2.45, 2.75) is 25.0 Å². The topological polar surface area (TPSA) is 70.1 Å². The van der Waals surface area contributed by atoms with Crippen LogP contribution in [0.1, 0.15) is 30.0 Å². The number of aliphatic hydroxyl groups excluding tert-OH is 1. The highest BCUT2D eigenvalue weighted by molar-refractivity contribution is 6.46. The molecular formula is C24H25FN2O4. The summed E-state index contributed by atoms with van der Waals surface area (Å²) in [7, 11) is 3.85. The molecule has 0 saturated carbocycles. The number of nitrogens with zero attached hydrogens (tertiary/aromatic N) is 2. The Bertz CT molecular complexity index is 1010. The van der Waals surface area contributed by atoms with E-state index in [1.54, 1.807) is 0 Å². The summed E-state index contributed by atoms with van der Waals surface area (Å²) in [5.74, 6) is -2.18.